The molecule has 0 aliphatic carbocycles. The van der Waals surface area contributed by atoms with Gasteiger partial charge < -0.3 is 14.7 Å². The summed E-state index contributed by atoms with van der Waals surface area (Å²) in [5.74, 6) is 0.300. The number of amides is 1. The standard InChI is InChI=1S/C15H22ClNO3/c1-5-17(10-15(3,4)19)14(18)12-8-7-11(16)9-13(12)20-6-2/h7-9,19H,5-6,10H2,1-4H3. The zero-order valence-corrected chi connectivity index (χ0v) is 13.2. The number of hydrogen-bond acceptors (Lipinski definition) is 3. The lowest BCUT2D eigenvalue weighted by atomic mass is 10.1. The number of carbonyl (C=O) groups is 1. The summed E-state index contributed by atoms with van der Waals surface area (Å²) in [6.07, 6.45) is 0. The van der Waals surface area contributed by atoms with Crippen LogP contribution in [0.15, 0.2) is 18.2 Å². The van der Waals surface area contributed by atoms with Gasteiger partial charge in [0, 0.05) is 18.1 Å². The molecule has 0 heterocycles. The Morgan fingerprint density at radius 3 is 2.55 bits per heavy atom. The molecule has 5 heteroatoms. The first kappa shape index (κ1) is 16.8. The van der Waals surface area contributed by atoms with Crippen molar-refractivity contribution in [1.29, 1.82) is 0 Å². The molecule has 0 atom stereocenters. The molecule has 1 N–H and O–H groups in total. The SMILES string of the molecule is CCOc1cc(Cl)ccc1C(=O)N(CC)CC(C)(C)O. The van der Waals surface area contributed by atoms with Gasteiger partial charge in [-0.05, 0) is 45.9 Å². The molecule has 0 saturated heterocycles. The second kappa shape index (κ2) is 6.95. The van der Waals surface area contributed by atoms with E-state index in [4.69, 9.17) is 16.3 Å². The minimum absolute atomic E-state index is 0.172. The monoisotopic (exact) mass is 299 g/mol. The predicted octanol–water partition coefficient (Wildman–Crippen LogP) is 2.97. The van der Waals surface area contributed by atoms with E-state index in [-0.39, 0.29) is 12.5 Å². The van der Waals surface area contributed by atoms with Crippen LogP contribution in [0.1, 0.15) is 38.1 Å². The summed E-state index contributed by atoms with van der Waals surface area (Å²) in [6.45, 7) is 8.30. The van der Waals surface area contributed by atoms with E-state index >= 15 is 0 Å². The number of halogens is 1. The molecule has 0 spiro atoms. The summed E-state index contributed by atoms with van der Waals surface area (Å²) in [6, 6.07) is 4.95. The molecule has 1 amide bonds. The molecule has 0 aromatic heterocycles. The highest BCUT2D eigenvalue weighted by molar-refractivity contribution is 6.30. The third-order valence-electron chi connectivity index (χ3n) is 2.72. The molecule has 0 radical (unpaired) electrons. The predicted molar refractivity (Wildman–Crippen MR) is 80.5 cm³/mol. The summed E-state index contributed by atoms with van der Waals surface area (Å²) in [5.41, 5.74) is -0.480. The fraction of sp³-hybridized carbons (Fsp3) is 0.533. The molecular formula is C15H22ClNO3. The fourth-order valence-corrected chi connectivity index (χ4v) is 2.07. The van der Waals surface area contributed by atoms with Crippen LogP contribution in [0, 0.1) is 0 Å². The Kier molecular flexibility index (Phi) is 5.84. The van der Waals surface area contributed by atoms with Gasteiger partial charge in [0.25, 0.3) is 5.91 Å². The molecule has 0 unspecified atom stereocenters. The molecule has 1 aromatic rings. The van der Waals surface area contributed by atoms with Crippen LogP contribution in [0.4, 0.5) is 0 Å². The van der Waals surface area contributed by atoms with Crippen molar-refractivity contribution >= 4 is 17.5 Å². The molecule has 4 nitrogen and oxygen atoms in total. The van der Waals surface area contributed by atoms with Gasteiger partial charge in [0.15, 0.2) is 0 Å². The van der Waals surface area contributed by atoms with Crippen molar-refractivity contribution in [3.05, 3.63) is 28.8 Å². The van der Waals surface area contributed by atoms with Crippen LogP contribution in [-0.2, 0) is 0 Å². The molecule has 1 rings (SSSR count). The van der Waals surface area contributed by atoms with E-state index in [0.717, 1.165) is 0 Å². The largest absolute Gasteiger partial charge is 0.493 e. The van der Waals surface area contributed by atoms with E-state index in [2.05, 4.69) is 0 Å². The Morgan fingerprint density at radius 2 is 2.05 bits per heavy atom. The van der Waals surface area contributed by atoms with Crippen LogP contribution in [0.3, 0.4) is 0 Å². The van der Waals surface area contributed by atoms with Crippen LogP contribution in [0.5, 0.6) is 5.75 Å². The number of aliphatic hydroxyl groups is 1. The number of nitrogens with zero attached hydrogens (tertiary/aromatic N) is 1. The summed E-state index contributed by atoms with van der Waals surface area (Å²) in [5, 5.41) is 10.4. The van der Waals surface area contributed by atoms with Crippen LogP contribution < -0.4 is 4.74 Å². The first-order valence-corrected chi connectivity index (χ1v) is 7.10. The number of hydrogen-bond donors (Lipinski definition) is 1. The van der Waals surface area contributed by atoms with Crippen molar-refractivity contribution < 1.29 is 14.6 Å². The highest BCUT2D eigenvalue weighted by atomic mass is 35.5. The zero-order chi connectivity index (χ0) is 15.3. The fourth-order valence-electron chi connectivity index (χ4n) is 1.91. The average Bonchev–Trinajstić information content (AvgIpc) is 2.35. The van der Waals surface area contributed by atoms with Crippen molar-refractivity contribution in [2.45, 2.75) is 33.3 Å². The summed E-state index contributed by atoms with van der Waals surface area (Å²) < 4.78 is 5.47. The molecule has 0 aliphatic heterocycles. The topological polar surface area (TPSA) is 49.8 Å². The summed E-state index contributed by atoms with van der Waals surface area (Å²) >= 11 is 5.93. The lowest BCUT2D eigenvalue weighted by molar-refractivity contribution is 0.0312. The number of rotatable bonds is 6. The number of benzene rings is 1. The van der Waals surface area contributed by atoms with Gasteiger partial charge >= 0.3 is 0 Å². The van der Waals surface area contributed by atoms with Gasteiger partial charge in [0.2, 0.25) is 0 Å². The summed E-state index contributed by atoms with van der Waals surface area (Å²) in [7, 11) is 0. The maximum Gasteiger partial charge on any atom is 0.257 e. The summed E-state index contributed by atoms with van der Waals surface area (Å²) in [4.78, 5) is 14.1. The molecule has 0 aliphatic rings. The highest BCUT2D eigenvalue weighted by Gasteiger charge is 2.24. The van der Waals surface area contributed by atoms with Gasteiger partial charge in [-0.1, -0.05) is 11.6 Å². The zero-order valence-electron chi connectivity index (χ0n) is 12.4. The Morgan fingerprint density at radius 1 is 1.40 bits per heavy atom. The second-order valence-corrected chi connectivity index (χ2v) is 5.64. The van der Waals surface area contributed by atoms with Gasteiger partial charge in [-0.3, -0.25) is 4.79 Å². The van der Waals surface area contributed by atoms with Gasteiger partial charge in [-0.15, -0.1) is 0 Å². The third kappa shape index (κ3) is 4.69. The van der Waals surface area contributed by atoms with Crippen molar-refractivity contribution in [2.24, 2.45) is 0 Å². The van der Waals surface area contributed by atoms with E-state index in [0.29, 0.717) is 29.5 Å². The Balaban J connectivity index is 3.05. The highest BCUT2D eigenvalue weighted by Crippen LogP contribution is 2.25. The first-order valence-electron chi connectivity index (χ1n) is 6.72. The number of likely N-dealkylation sites (N-methyl/N-ethyl adjacent to an activating group) is 1. The quantitative estimate of drug-likeness (QED) is 0.878. The van der Waals surface area contributed by atoms with Gasteiger partial charge in [0.1, 0.15) is 5.75 Å². The van der Waals surface area contributed by atoms with Crippen LogP contribution in [0.25, 0.3) is 0 Å². The minimum atomic E-state index is -0.941. The first-order chi connectivity index (χ1) is 9.28. The van der Waals surface area contributed by atoms with Gasteiger partial charge in [-0.2, -0.15) is 0 Å². The Labute approximate surface area is 125 Å². The van der Waals surface area contributed by atoms with Crippen LogP contribution >= 0.6 is 11.6 Å². The van der Waals surface area contributed by atoms with E-state index in [1.54, 1.807) is 36.9 Å². The molecule has 0 fully saturated rings. The average molecular weight is 300 g/mol. The van der Waals surface area contributed by atoms with Crippen molar-refractivity contribution in [1.82, 2.24) is 4.90 Å². The van der Waals surface area contributed by atoms with Crippen molar-refractivity contribution in [3.63, 3.8) is 0 Å². The molecule has 1 aromatic carbocycles. The smallest absolute Gasteiger partial charge is 0.257 e. The maximum atomic E-state index is 12.6. The molecule has 112 valence electrons. The third-order valence-corrected chi connectivity index (χ3v) is 2.96. The van der Waals surface area contributed by atoms with Crippen molar-refractivity contribution in [2.75, 3.05) is 19.7 Å². The number of carbonyl (C=O) groups excluding carboxylic acids is 1. The molecular weight excluding hydrogens is 278 g/mol. The minimum Gasteiger partial charge on any atom is -0.493 e. The van der Waals surface area contributed by atoms with Gasteiger partial charge in [0.05, 0.1) is 17.8 Å². The Bertz CT molecular complexity index is 469. The van der Waals surface area contributed by atoms with E-state index in [9.17, 15) is 9.90 Å². The van der Waals surface area contributed by atoms with Crippen LogP contribution in [0.2, 0.25) is 5.02 Å². The van der Waals surface area contributed by atoms with E-state index in [1.165, 1.54) is 0 Å². The normalized spacial score (nSPS) is 11.3. The number of ether oxygens (including phenoxy) is 1. The van der Waals surface area contributed by atoms with Crippen molar-refractivity contribution in [3.8, 4) is 5.75 Å². The molecule has 0 saturated carbocycles. The maximum absolute atomic E-state index is 12.6. The molecule has 0 bridgehead atoms. The second-order valence-electron chi connectivity index (χ2n) is 5.21. The lowest BCUT2D eigenvalue weighted by Gasteiger charge is -2.28. The molecule has 20 heavy (non-hydrogen) atoms. The van der Waals surface area contributed by atoms with Crippen LogP contribution in [-0.4, -0.2) is 41.2 Å². The lowest BCUT2D eigenvalue weighted by Crippen LogP contribution is -2.42. The van der Waals surface area contributed by atoms with E-state index < -0.39 is 5.60 Å². The Hall–Kier alpha value is -1.26. The van der Waals surface area contributed by atoms with Gasteiger partial charge in [-0.25, -0.2) is 0 Å². The van der Waals surface area contributed by atoms with E-state index in [1.807, 2.05) is 13.8 Å².